The fourth-order valence-electron chi connectivity index (χ4n) is 1.89. The van der Waals surface area contributed by atoms with Crippen molar-refractivity contribution in [3.63, 3.8) is 0 Å². The van der Waals surface area contributed by atoms with Crippen LogP contribution in [0.15, 0.2) is 41.5 Å². The van der Waals surface area contributed by atoms with E-state index in [0.717, 1.165) is 0 Å². The molecule has 2 aromatic rings. The van der Waals surface area contributed by atoms with Crippen LogP contribution >= 0.6 is 23.2 Å². The number of phenols is 1. The van der Waals surface area contributed by atoms with E-state index in [1.54, 1.807) is 31.2 Å². The van der Waals surface area contributed by atoms with E-state index in [0.29, 0.717) is 22.9 Å². The molecule has 0 aliphatic carbocycles. The molecule has 2 rings (SSSR count). The van der Waals surface area contributed by atoms with Gasteiger partial charge in [0.1, 0.15) is 0 Å². The molecule has 0 aliphatic rings. The maximum absolute atomic E-state index is 11.8. The lowest BCUT2D eigenvalue weighted by atomic mass is 10.2. The van der Waals surface area contributed by atoms with E-state index in [1.165, 1.54) is 18.3 Å². The van der Waals surface area contributed by atoms with Gasteiger partial charge in [0.05, 0.1) is 28.6 Å². The zero-order valence-electron chi connectivity index (χ0n) is 13.6. The van der Waals surface area contributed by atoms with Gasteiger partial charge in [-0.1, -0.05) is 35.3 Å². The van der Waals surface area contributed by atoms with Gasteiger partial charge in [0.15, 0.2) is 11.5 Å². The maximum Gasteiger partial charge on any atom is 0.329 e. The molecule has 0 unspecified atom stereocenters. The molecule has 3 N–H and O–H groups in total. The number of halogens is 2. The van der Waals surface area contributed by atoms with Crippen molar-refractivity contribution in [3.05, 3.63) is 52.0 Å². The fourth-order valence-corrected chi connectivity index (χ4v) is 2.29. The molecule has 0 saturated heterocycles. The Labute approximate surface area is 159 Å². The van der Waals surface area contributed by atoms with E-state index < -0.39 is 11.8 Å². The second kappa shape index (κ2) is 9.07. The number of ether oxygens (including phenoxy) is 1. The third kappa shape index (κ3) is 5.11. The third-order valence-corrected chi connectivity index (χ3v) is 3.68. The molecule has 0 heterocycles. The third-order valence-electron chi connectivity index (χ3n) is 3.06. The molecule has 0 atom stereocenters. The number of benzene rings is 2. The lowest BCUT2D eigenvalue weighted by molar-refractivity contribution is -0.136. The van der Waals surface area contributed by atoms with E-state index in [-0.39, 0.29) is 16.5 Å². The summed E-state index contributed by atoms with van der Waals surface area (Å²) >= 11 is 11.8. The molecule has 0 aliphatic heterocycles. The van der Waals surface area contributed by atoms with Crippen LogP contribution in [-0.2, 0) is 9.59 Å². The first kappa shape index (κ1) is 19.6. The molecule has 0 radical (unpaired) electrons. The maximum atomic E-state index is 11.8. The van der Waals surface area contributed by atoms with Crippen LogP contribution in [0.5, 0.6) is 11.5 Å². The van der Waals surface area contributed by atoms with Crippen LogP contribution in [0.1, 0.15) is 12.5 Å². The number of anilines is 1. The summed E-state index contributed by atoms with van der Waals surface area (Å²) in [7, 11) is 0. The summed E-state index contributed by atoms with van der Waals surface area (Å²) in [5.41, 5.74) is 2.86. The summed E-state index contributed by atoms with van der Waals surface area (Å²) in [6, 6.07) is 9.43. The van der Waals surface area contributed by atoms with E-state index in [4.69, 9.17) is 27.9 Å². The largest absolute Gasteiger partial charge is 0.503 e. The molecule has 0 fully saturated rings. The van der Waals surface area contributed by atoms with Gasteiger partial charge in [0.25, 0.3) is 0 Å². The van der Waals surface area contributed by atoms with Crippen molar-refractivity contribution in [1.82, 2.24) is 5.43 Å². The number of hydrogen-bond acceptors (Lipinski definition) is 5. The Bertz CT molecular complexity index is 856. The van der Waals surface area contributed by atoms with Crippen molar-refractivity contribution >= 4 is 46.9 Å². The number of aromatic hydroxyl groups is 1. The molecular formula is C17H15Cl2N3O4. The molecule has 136 valence electrons. The highest BCUT2D eigenvalue weighted by Gasteiger charge is 2.14. The molecule has 26 heavy (non-hydrogen) atoms. The Kier molecular flexibility index (Phi) is 6.82. The van der Waals surface area contributed by atoms with Crippen LogP contribution in [0.3, 0.4) is 0 Å². The predicted molar refractivity (Wildman–Crippen MR) is 100 cm³/mol. The first-order valence-electron chi connectivity index (χ1n) is 7.46. The van der Waals surface area contributed by atoms with Crippen LogP contribution in [0, 0.1) is 0 Å². The minimum Gasteiger partial charge on any atom is -0.503 e. The van der Waals surface area contributed by atoms with Crippen LogP contribution in [-0.4, -0.2) is 29.7 Å². The Balaban J connectivity index is 2.00. The van der Waals surface area contributed by atoms with Crippen molar-refractivity contribution in [2.24, 2.45) is 5.10 Å². The molecule has 7 nitrogen and oxygen atoms in total. The van der Waals surface area contributed by atoms with Crippen molar-refractivity contribution in [2.75, 3.05) is 11.9 Å². The van der Waals surface area contributed by atoms with Crippen LogP contribution < -0.4 is 15.5 Å². The number of para-hydroxylation sites is 1. The number of hydrogen-bond donors (Lipinski definition) is 3. The standard InChI is InChI=1S/C17H15Cl2N3O4/c1-2-26-14-8-10(7-12(19)15(14)23)9-20-22-17(25)16(24)21-13-6-4-3-5-11(13)18/h3-9,23H,2H2,1H3,(H,21,24)(H,22,25)/b20-9-. The number of nitrogens with zero attached hydrogens (tertiary/aromatic N) is 1. The smallest absolute Gasteiger partial charge is 0.329 e. The highest BCUT2D eigenvalue weighted by molar-refractivity contribution is 6.41. The predicted octanol–water partition coefficient (Wildman–Crippen LogP) is 3.19. The quantitative estimate of drug-likeness (QED) is 0.411. The second-order valence-electron chi connectivity index (χ2n) is 4.92. The minimum atomic E-state index is -0.976. The molecule has 2 aromatic carbocycles. The van der Waals surface area contributed by atoms with Gasteiger partial charge in [-0.05, 0) is 36.8 Å². The van der Waals surface area contributed by atoms with E-state index in [9.17, 15) is 14.7 Å². The number of phenolic OH excluding ortho intramolecular Hbond substituents is 1. The number of amides is 2. The fraction of sp³-hybridized carbons (Fsp3) is 0.118. The highest BCUT2D eigenvalue weighted by atomic mass is 35.5. The lowest BCUT2D eigenvalue weighted by Crippen LogP contribution is -2.32. The number of carbonyl (C=O) groups is 2. The minimum absolute atomic E-state index is 0.0696. The highest BCUT2D eigenvalue weighted by Crippen LogP contribution is 2.34. The van der Waals surface area contributed by atoms with Crippen molar-refractivity contribution in [3.8, 4) is 11.5 Å². The number of rotatable bonds is 5. The molecule has 0 aromatic heterocycles. The van der Waals surface area contributed by atoms with Gasteiger partial charge in [-0.25, -0.2) is 5.43 Å². The van der Waals surface area contributed by atoms with Crippen molar-refractivity contribution in [1.29, 1.82) is 0 Å². The summed E-state index contributed by atoms with van der Waals surface area (Å²) in [6.07, 6.45) is 1.26. The Morgan fingerprint density at radius 3 is 2.62 bits per heavy atom. The number of carbonyl (C=O) groups excluding carboxylic acids is 2. The Morgan fingerprint density at radius 1 is 1.19 bits per heavy atom. The molecule has 9 heteroatoms. The van der Waals surface area contributed by atoms with Gasteiger partial charge in [-0.3, -0.25) is 9.59 Å². The molecule has 0 spiro atoms. The number of nitrogens with one attached hydrogen (secondary N) is 2. The second-order valence-corrected chi connectivity index (χ2v) is 5.73. The van der Waals surface area contributed by atoms with Crippen LogP contribution in [0.2, 0.25) is 10.0 Å². The van der Waals surface area contributed by atoms with Gasteiger partial charge in [-0.15, -0.1) is 0 Å². The average molecular weight is 396 g/mol. The number of hydrazone groups is 1. The van der Waals surface area contributed by atoms with Gasteiger partial charge in [-0.2, -0.15) is 5.10 Å². The SMILES string of the molecule is CCOc1cc(/C=N\NC(=O)C(=O)Nc2ccccc2Cl)cc(Cl)c1O. The Morgan fingerprint density at radius 2 is 1.92 bits per heavy atom. The van der Waals surface area contributed by atoms with Gasteiger partial charge >= 0.3 is 11.8 Å². The van der Waals surface area contributed by atoms with Crippen molar-refractivity contribution in [2.45, 2.75) is 6.92 Å². The van der Waals surface area contributed by atoms with E-state index in [2.05, 4.69) is 15.8 Å². The summed E-state index contributed by atoms with van der Waals surface area (Å²) in [6.45, 7) is 2.09. The van der Waals surface area contributed by atoms with E-state index >= 15 is 0 Å². The lowest BCUT2D eigenvalue weighted by Gasteiger charge is -2.08. The summed E-state index contributed by atoms with van der Waals surface area (Å²) in [4.78, 5) is 23.6. The molecular weight excluding hydrogens is 381 g/mol. The summed E-state index contributed by atoms with van der Waals surface area (Å²) in [5.74, 6) is -1.90. The van der Waals surface area contributed by atoms with Crippen LogP contribution in [0.4, 0.5) is 5.69 Å². The van der Waals surface area contributed by atoms with Crippen molar-refractivity contribution < 1.29 is 19.4 Å². The zero-order chi connectivity index (χ0) is 19.1. The first-order valence-corrected chi connectivity index (χ1v) is 8.22. The van der Waals surface area contributed by atoms with Gasteiger partial charge in [0.2, 0.25) is 0 Å². The molecule has 2 amide bonds. The van der Waals surface area contributed by atoms with Gasteiger partial charge in [0, 0.05) is 0 Å². The van der Waals surface area contributed by atoms with Crippen LogP contribution in [0.25, 0.3) is 0 Å². The molecule has 0 bridgehead atoms. The zero-order valence-corrected chi connectivity index (χ0v) is 15.1. The normalized spacial score (nSPS) is 10.6. The summed E-state index contributed by atoms with van der Waals surface area (Å²) in [5, 5.41) is 16.2. The molecule has 0 saturated carbocycles. The summed E-state index contributed by atoms with van der Waals surface area (Å²) < 4.78 is 5.24. The van der Waals surface area contributed by atoms with Gasteiger partial charge < -0.3 is 15.2 Å². The topological polar surface area (TPSA) is 100 Å². The van der Waals surface area contributed by atoms with E-state index in [1.807, 2.05) is 0 Å². The monoisotopic (exact) mass is 395 g/mol. The average Bonchev–Trinajstić information content (AvgIpc) is 2.61. The first-order chi connectivity index (χ1) is 12.4. The Hall–Kier alpha value is -2.77.